The number of ether oxygens (including phenoxy) is 1. The number of nitrogens with zero attached hydrogens (tertiary/aromatic N) is 2. The molecule has 0 unspecified atom stereocenters. The molecule has 2 aromatic carbocycles. The van der Waals surface area contributed by atoms with Crippen LogP contribution < -0.4 is 10.1 Å². The molecule has 0 spiro atoms. The number of hydrogen-bond acceptors (Lipinski definition) is 7. The summed E-state index contributed by atoms with van der Waals surface area (Å²) in [5.74, 6) is -0.242. The normalized spacial score (nSPS) is 10.4. The number of aromatic nitrogens is 1. The second-order valence-corrected chi connectivity index (χ2v) is 7.23. The lowest BCUT2D eigenvalue weighted by molar-refractivity contribution is -0.763. The summed E-state index contributed by atoms with van der Waals surface area (Å²) in [7, 11) is 0. The summed E-state index contributed by atoms with van der Waals surface area (Å²) in [6, 6.07) is 15.4. The first kappa shape index (κ1) is 22.3. The molecule has 3 aromatic rings. The zero-order valence-corrected chi connectivity index (χ0v) is 17.8. The Balaban J connectivity index is 1.71. The zero-order chi connectivity index (χ0) is 22.4. The molecule has 160 valence electrons. The summed E-state index contributed by atoms with van der Waals surface area (Å²) in [5, 5.41) is 13.5. The number of hydrogen-bond donors (Lipinski definition) is 1. The van der Waals surface area contributed by atoms with Gasteiger partial charge in [-0.05, 0) is 42.8 Å². The van der Waals surface area contributed by atoms with Crippen molar-refractivity contribution in [2.75, 3.05) is 5.32 Å². The maximum absolute atomic E-state index is 12.5. The first-order valence-corrected chi connectivity index (χ1v) is 9.82. The van der Waals surface area contributed by atoms with E-state index in [1.807, 2.05) is 6.07 Å². The number of benzene rings is 2. The summed E-state index contributed by atoms with van der Waals surface area (Å²) < 4.78 is 5.43. The van der Waals surface area contributed by atoms with Gasteiger partial charge in [0.1, 0.15) is 6.61 Å². The fraction of sp³-hybridized carbons (Fsp3) is 0.143. The van der Waals surface area contributed by atoms with E-state index in [9.17, 15) is 14.9 Å². The van der Waals surface area contributed by atoms with Gasteiger partial charge in [-0.2, -0.15) is 0 Å². The highest BCUT2D eigenvalue weighted by molar-refractivity contribution is 6.39. The van der Waals surface area contributed by atoms with Crippen molar-refractivity contribution in [3.63, 3.8) is 0 Å². The number of pyridine rings is 1. The SMILES string of the molecule is Cc1nc(CO[N+](=O)[O-])ccc1OC(=O)Cc1ccccc1Nc1c(Cl)cccc1Cl. The third kappa shape index (κ3) is 6.07. The molecule has 0 radical (unpaired) electrons. The minimum atomic E-state index is -0.897. The number of aryl methyl sites for hydroxylation is 1. The topological polar surface area (TPSA) is 104 Å². The minimum absolute atomic E-state index is 0.0170. The van der Waals surface area contributed by atoms with Crippen LogP contribution in [0.4, 0.5) is 11.4 Å². The Hall–Kier alpha value is -3.36. The highest BCUT2D eigenvalue weighted by Gasteiger charge is 2.14. The van der Waals surface area contributed by atoms with E-state index in [-0.39, 0.29) is 18.8 Å². The van der Waals surface area contributed by atoms with Crippen molar-refractivity contribution in [3.8, 4) is 5.75 Å². The van der Waals surface area contributed by atoms with Gasteiger partial charge in [-0.3, -0.25) is 9.78 Å². The Morgan fingerprint density at radius 3 is 2.48 bits per heavy atom. The molecule has 0 aliphatic rings. The van der Waals surface area contributed by atoms with E-state index >= 15 is 0 Å². The molecule has 1 aromatic heterocycles. The number of anilines is 2. The highest BCUT2D eigenvalue weighted by atomic mass is 35.5. The fourth-order valence-electron chi connectivity index (χ4n) is 2.77. The van der Waals surface area contributed by atoms with Crippen LogP contribution in [-0.2, 0) is 22.7 Å². The average Bonchev–Trinajstić information content (AvgIpc) is 2.72. The Morgan fingerprint density at radius 2 is 1.81 bits per heavy atom. The van der Waals surface area contributed by atoms with Gasteiger partial charge in [0, 0.05) is 5.69 Å². The maximum Gasteiger partial charge on any atom is 0.315 e. The molecule has 0 atom stereocenters. The fourth-order valence-corrected chi connectivity index (χ4v) is 3.26. The molecule has 0 fully saturated rings. The minimum Gasteiger partial charge on any atom is -0.424 e. The number of rotatable bonds is 8. The quantitative estimate of drug-likeness (QED) is 0.275. The van der Waals surface area contributed by atoms with Crippen LogP contribution in [0, 0.1) is 17.0 Å². The van der Waals surface area contributed by atoms with Crippen molar-refractivity contribution in [3.05, 3.63) is 91.7 Å². The summed E-state index contributed by atoms with van der Waals surface area (Å²) in [6.45, 7) is 1.35. The van der Waals surface area contributed by atoms with E-state index in [0.29, 0.717) is 38.4 Å². The first-order valence-electron chi connectivity index (χ1n) is 9.07. The summed E-state index contributed by atoms with van der Waals surface area (Å²) in [5.41, 5.74) is 2.65. The predicted molar refractivity (Wildman–Crippen MR) is 116 cm³/mol. The monoisotopic (exact) mass is 461 g/mol. The van der Waals surface area contributed by atoms with Gasteiger partial charge < -0.3 is 14.9 Å². The summed E-state index contributed by atoms with van der Waals surface area (Å²) >= 11 is 12.4. The van der Waals surface area contributed by atoms with Crippen LogP contribution in [0.5, 0.6) is 5.75 Å². The zero-order valence-electron chi connectivity index (χ0n) is 16.3. The van der Waals surface area contributed by atoms with E-state index in [1.165, 1.54) is 12.1 Å². The molecule has 0 saturated carbocycles. The van der Waals surface area contributed by atoms with Gasteiger partial charge in [-0.25, -0.2) is 0 Å². The summed E-state index contributed by atoms with van der Waals surface area (Å²) in [4.78, 5) is 31.3. The van der Waals surface area contributed by atoms with Crippen LogP contribution in [0.1, 0.15) is 17.0 Å². The molecule has 1 heterocycles. The largest absolute Gasteiger partial charge is 0.424 e. The number of nitrogens with one attached hydrogen (secondary N) is 1. The summed E-state index contributed by atoms with van der Waals surface area (Å²) in [6.07, 6.45) is -0.0170. The van der Waals surface area contributed by atoms with Crippen molar-refractivity contribution in [2.45, 2.75) is 20.0 Å². The second kappa shape index (κ2) is 10.1. The van der Waals surface area contributed by atoms with Crippen molar-refractivity contribution in [1.82, 2.24) is 4.98 Å². The molecule has 1 N–H and O–H groups in total. The maximum atomic E-state index is 12.5. The van der Waals surface area contributed by atoms with Gasteiger partial charge >= 0.3 is 5.97 Å². The first-order chi connectivity index (χ1) is 14.8. The predicted octanol–water partition coefficient (Wildman–Crippen LogP) is 5.30. The van der Waals surface area contributed by atoms with Crippen LogP contribution in [-0.4, -0.2) is 16.0 Å². The Kier molecular flexibility index (Phi) is 7.28. The Bertz CT molecular complexity index is 1100. The number of para-hydroxylation sites is 2. The lowest BCUT2D eigenvalue weighted by atomic mass is 10.1. The van der Waals surface area contributed by atoms with E-state index < -0.39 is 11.1 Å². The van der Waals surface area contributed by atoms with Crippen molar-refractivity contribution >= 4 is 40.5 Å². The van der Waals surface area contributed by atoms with Gasteiger partial charge in [0.05, 0.1) is 33.5 Å². The Labute approximate surface area is 187 Å². The molecular formula is C21H17Cl2N3O5. The third-order valence-corrected chi connectivity index (χ3v) is 4.84. The average molecular weight is 462 g/mol. The second-order valence-electron chi connectivity index (χ2n) is 6.41. The molecular weight excluding hydrogens is 445 g/mol. The van der Waals surface area contributed by atoms with E-state index in [0.717, 1.165) is 0 Å². The number of esters is 1. The third-order valence-electron chi connectivity index (χ3n) is 4.21. The lowest BCUT2D eigenvalue weighted by Crippen LogP contribution is -2.14. The van der Waals surface area contributed by atoms with Crippen molar-refractivity contribution in [1.29, 1.82) is 0 Å². The van der Waals surface area contributed by atoms with E-state index in [4.69, 9.17) is 27.9 Å². The molecule has 8 nitrogen and oxygen atoms in total. The van der Waals surface area contributed by atoms with E-state index in [1.54, 1.807) is 43.3 Å². The van der Waals surface area contributed by atoms with Gasteiger partial charge in [-0.15, -0.1) is 10.1 Å². The number of carbonyl (C=O) groups is 1. The van der Waals surface area contributed by atoms with Gasteiger partial charge in [-0.1, -0.05) is 47.5 Å². The van der Waals surface area contributed by atoms with Crippen LogP contribution in [0.15, 0.2) is 54.6 Å². The van der Waals surface area contributed by atoms with Crippen molar-refractivity contribution < 1.29 is 19.5 Å². The Morgan fingerprint density at radius 1 is 1.10 bits per heavy atom. The molecule has 0 aliphatic carbocycles. The number of halogens is 2. The van der Waals surface area contributed by atoms with Gasteiger partial charge in [0.2, 0.25) is 0 Å². The van der Waals surface area contributed by atoms with Crippen LogP contribution >= 0.6 is 23.2 Å². The molecule has 3 rings (SSSR count). The smallest absolute Gasteiger partial charge is 0.315 e. The van der Waals surface area contributed by atoms with E-state index in [2.05, 4.69) is 15.1 Å². The standard InChI is InChI=1S/C21H17Cl2N3O5/c1-13-19(10-9-15(24-13)12-30-26(28)29)31-20(27)11-14-5-2-3-8-18(14)25-21-16(22)6-4-7-17(21)23/h2-10,25H,11-12H2,1H3. The number of carbonyl (C=O) groups excluding carboxylic acids is 1. The molecule has 0 bridgehead atoms. The van der Waals surface area contributed by atoms with Crippen molar-refractivity contribution in [2.24, 2.45) is 0 Å². The van der Waals surface area contributed by atoms with Crippen LogP contribution in [0.25, 0.3) is 0 Å². The molecule has 0 saturated heterocycles. The van der Waals surface area contributed by atoms with Gasteiger partial charge in [0.25, 0.3) is 5.09 Å². The highest BCUT2D eigenvalue weighted by Crippen LogP contribution is 2.33. The molecule has 10 heteroatoms. The molecule has 31 heavy (non-hydrogen) atoms. The lowest BCUT2D eigenvalue weighted by Gasteiger charge is -2.14. The molecule has 0 aliphatic heterocycles. The van der Waals surface area contributed by atoms with Crippen LogP contribution in [0.3, 0.4) is 0 Å². The van der Waals surface area contributed by atoms with Gasteiger partial charge in [0.15, 0.2) is 5.75 Å². The molecule has 0 amide bonds. The van der Waals surface area contributed by atoms with Crippen LogP contribution in [0.2, 0.25) is 10.0 Å².